The van der Waals surface area contributed by atoms with Gasteiger partial charge in [0.1, 0.15) is 12.1 Å². The Morgan fingerprint density at radius 2 is 1.80 bits per heavy atom. The quantitative estimate of drug-likeness (QED) is 0.531. The van der Waals surface area contributed by atoms with Gasteiger partial charge in [-0.2, -0.15) is 0 Å². The van der Waals surface area contributed by atoms with Crippen molar-refractivity contribution in [3.63, 3.8) is 0 Å². The molecule has 1 aromatic rings. The molecular weight excluding hydrogens is 440 g/mol. The van der Waals surface area contributed by atoms with Gasteiger partial charge >= 0.3 is 0 Å². The first-order valence-corrected chi connectivity index (χ1v) is 13.4. The summed E-state index contributed by atoms with van der Waals surface area (Å²) in [5, 5.41) is 9.54. The first-order valence-electron chi connectivity index (χ1n) is 13.4. The Kier molecular flexibility index (Phi) is 7.84. The van der Waals surface area contributed by atoms with E-state index in [1.807, 2.05) is 39.8 Å². The van der Waals surface area contributed by atoms with Gasteiger partial charge in [-0.05, 0) is 80.9 Å². The van der Waals surface area contributed by atoms with E-state index in [9.17, 15) is 14.4 Å². The van der Waals surface area contributed by atoms with Crippen LogP contribution in [0.1, 0.15) is 83.4 Å². The number of nitrogens with zero attached hydrogens (tertiary/aromatic N) is 1. The number of aryl methyl sites for hydroxylation is 1. The highest BCUT2D eigenvalue weighted by Gasteiger charge is 2.42. The summed E-state index contributed by atoms with van der Waals surface area (Å²) in [5.74, 6) is 0.251. The molecule has 1 heterocycles. The van der Waals surface area contributed by atoms with Crippen LogP contribution in [-0.4, -0.2) is 53.8 Å². The second-order valence-corrected chi connectivity index (χ2v) is 11.7. The molecule has 0 spiro atoms. The van der Waals surface area contributed by atoms with Crippen molar-refractivity contribution in [1.82, 2.24) is 20.9 Å². The second-order valence-electron chi connectivity index (χ2n) is 11.7. The van der Waals surface area contributed by atoms with Crippen molar-refractivity contribution in [2.75, 3.05) is 13.1 Å². The van der Waals surface area contributed by atoms with Crippen molar-refractivity contribution in [2.24, 2.45) is 11.3 Å². The average Bonchev–Trinajstić information content (AvgIpc) is 3.52. The third kappa shape index (κ3) is 6.24. The molecule has 35 heavy (non-hydrogen) atoms. The summed E-state index contributed by atoms with van der Waals surface area (Å²) in [6.07, 6.45) is 6.86. The molecule has 1 aromatic carbocycles. The van der Waals surface area contributed by atoms with Crippen LogP contribution in [0, 0.1) is 11.3 Å². The molecule has 2 aliphatic carbocycles. The molecular formula is C28H42N4O3. The summed E-state index contributed by atoms with van der Waals surface area (Å²) < 4.78 is 0. The standard InChI is InChI=1S/C28H42N4O3/c1-18(29-17-19-14-15-19)25(33)31-24(28(2,3)4)27(35)32-16-8-13-23(32)26(34)30-22-12-7-10-20-9-5-6-11-21(20)22/h5-6,9,11,18-19,22-24,29H,7-8,10,12-17H2,1-4H3,(H,30,34)(H,31,33). The highest BCUT2D eigenvalue weighted by molar-refractivity contribution is 5.94. The Bertz CT molecular complexity index is 936. The minimum absolute atomic E-state index is 0.0125. The molecule has 192 valence electrons. The Balaban J connectivity index is 1.42. The Morgan fingerprint density at radius 3 is 2.51 bits per heavy atom. The number of hydrogen-bond donors (Lipinski definition) is 3. The highest BCUT2D eigenvalue weighted by atomic mass is 16.2. The van der Waals surface area contributed by atoms with Crippen LogP contribution >= 0.6 is 0 Å². The van der Waals surface area contributed by atoms with Crippen molar-refractivity contribution in [3.8, 4) is 0 Å². The molecule has 4 unspecified atom stereocenters. The number of likely N-dealkylation sites (tertiary alicyclic amines) is 1. The number of amides is 3. The lowest BCUT2D eigenvalue weighted by Gasteiger charge is -2.36. The molecule has 4 rings (SSSR count). The molecule has 3 amide bonds. The maximum Gasteiger partial charge on any atom is 0.246 e. The van der Waals surface area contributed by atoms with Crippen LogP contribution in [0.4, 0.5) is 0 Å². The van der Waals surface area contributed by atoms with Crippen LogP contribution < -0.4 is 16.0 Å². The molecule has 0 radical (unpaired) electrons. The molecule has 3 aliphatic rings. The van der Waals surface area contributed by atoms with Crippen LogP contribution in [0.3, 0.4) is 0 Å². The SMILES string of the molecule is CC(NCC1CC1)C(=O)NC(C(=O)N1CCCC1C(=O)NC1CCCc2ccccc21)C(C)(C)C. The lowest BCUT2D eigenvalue weighted by molar-refractivity contribution is -0.144. The summed E-state index contributed by atoms with van der Waals surface area (Å²) in [5.41, 5.74) is 2.01. The third-order valence-electron chi connectivity index (χ3n) is 7.73. The maximum atomic E-state index is 13.7. The van der Waals surface area contributed by atoms with Crippen molar-refractivity contribution in [1.29, 1.82) is 0 Å². The number of hydrogen-bond acceptors (Lipinski definition) is 4. The molecule has 1 aliphatic heterocycles. The number of fused-ring (bicyclic) bond motifs is 1. The fourth-order valence-electron chi connectivity index (χ4n) is 5.31. The number of carbonyl (C=O) groups excluding carboxylic acids is 3. The summed E-state index contributed by atoms with van der Waals surface area (Å²) in [4.78, 5) is 41.8. The van der Waals surface area contributed by atoms with E-state index in [-0.39, 0.29) is 29.8 Å². The minimum atomic E-state index is -0.691. The van der Waals surface area contributed by atoms with E-state index in [4.69, 9.17) is 0 Å². The summed E-state index contributed by atoms with van der Waals surface area (Å²) in [6, 6.07) is 6.73. The Labute approximate surface area is 209 Å². The van der Waals surface area contributed by atoms with E-state index in [1.54, 1.807) is 4.90 Å². The van der Waals surface area contributed by atoms with Crippen LogP contribution in [0.15, 0.2) is 24.3 Å². The normalized spacial score (nSPS) is 23.8. The molecule has 2 fully saturated rings. The highest BCUT2D eigenvalue weighted by Crippen LogP contribution is 2.31. The number of rotatable bonds is 8. The van der Waals surface area contributed by atoms with Gasteiger partial charge in [0.25, 0.3) is 0 Å². The van der Waals surface area contributed by atoms with Gasteiger partial charge in [-0.3, -0.25) is 14.4 Å². The van der Waals surface area contributed by atoms with E-state index >= 15 is 0 Å². The topological polar surface area (TPSA) is 90.5 Å². The zero-order chi connectivity index (χ0) is 25.2. The van der Waals surface area contributed by atoms with E-state index in [0.29, 0.717) is 18.9 Å². The van der Waals surface area contributed by atoms with E-state index < -0.39 is 17.5 Å². The molecule has 7 nitrogen and oxygen atoms in total. The average molecular weight is 483 g/mol. The zero-order valence-corrected chi connectivity index (χ0v) is 21.7. The van der Waals surface area contributed by atoms with E-state index in [0.717, 1.165) is 32.2 Å². The fourth-order valence-corrected chi connectivity index (χ4v) is 5.31. The molecule has 1 saturated heterocycles. The predicted octanol–water partition coefficient (Wildman–Crippen LogP) is 3.09. The van der Waals surface area contributed by atoms with Gasteiger partial charge < -0.3 is 20.9 Å². The molecule has 0 bridgehead atoms. The number of nitrogens with one attached hydrogen (secondary N) is 3. The monoisotopic (exact) mass is 482 g/mol. The van der Waals surface area contributed by atoms with Gasteiger partial charge in [0.05, 0.1) is 12.1 Å². The Morgan fingerprint density at radius 1 is 1.06 bits per heavy atom. The zero-order valence-electron chi connectivity index (χ0n) is 21.7. The number of benzene rings is 1. The largest absolute Gasteiger partial charge is 0.347 e. The van der Waals surface area contributed by atoms with Crippen molar-refractivity contribution in [2.45, 2.75) is 96.8 Å². The lowest BCUT2D eigenvalue weighted by atomic mass is 9.85. The molecule has 7 heteroatoms. The summed E-state index contributed by atoms with van der Waals surface area (Å²) in [6.45, 7) is 9.10. The number of carbonyl (C=O) groups is 3. The summed E-state index contributed by atoms with van der Waals surface area (Å²) >= 11 is 0. The molecule has 1 saturated carbocycles. The first-order chi connectivity index (χ1) is 16.6. The molecule has 4 atom stereocenters. The smallest absolute Gasteiger partial charge is 0.246 e. The summed E-state index contributed by atoms with van der Waals surface area (Å²) in [7, 11) is 0. The lowest BCUT2D eigenvalue weighted by Crippen LogP contribution is -2.59. The van der Waals surface area contributed by atoms with Gasteiger partial charge in [-0.1, -0.05) is 45.0 Å². The van der Waals surface area contributed by atoms with Gasteiger partial charge in [0.2, 0.25) is 17.7 Å². The van der Waals surface area contributed by atoms with Gasteiger partial charge in [0.15, 0.2) is 0 Å². The third-order valence-corrected chi connectivity index (χ3v) is 7.73. The van der Waals surface area contributed by atoms with Crippen molar-refractivity contribution < 1.29 is 14.4 Å². The molecule has 0 aromatic heterocycles. The van der Waals surface area contributed by atoms with Crippen molar-refractivity contribution >= 4 is 17.7 Å². The minimum Gasteiger partial charge on any atom is -0.347 e. The second kappa shape index (κ2) is 10.7. The van der Waals surface area contributed by atoms with Crippen LogP contribution in [0.5, 0.6) is 0 Å². The van der Waals surface area contributed by atoms with Gasteiger partial charge in [-0.25, -0.2) is 0 Å². The van der Waals surface area contributed by atoms with Crippen LogP contribution in [0.2, 0.25) is 0 Å². The first kappa shape index (κ1) is 25.7. The van der Waals surface area contributed by atoms with Crippen LogP contribution in [-0.2, 0) is 20.8 Å². The van der Waals surface area contributed by atoms with E-state index in [2.05, 4.69) is 28.1 Å². The Hall–Kier alpha value is -2.41. The maximum absolute atomic E-state index is 13.7. The van der Waals surface area contributed by atoms with Crippen molar-refractivity contribution in [3.05, 3.63) is 35.4 Å². The van der Waals surface area contributed by atoms with Crippen LogP contribution in [0.25, 0.3) is 0 Å². The fraction of sp³-hybridized carbons (Fsp3) is 0.679. The van der Waals surface area contributed by atoms with Gasteiger partial charge in [0, 0.05) is 6.54 Å². The molecule has 3 N–H and O–H groups in total. The van der Waals surface area contributed by atoms with Gasteiger partial charge in [-0.15, -0.1) is 0 Å². The predicted molar refractivity (Wildman–Crippen MR) is 137 cm³/mol. The van der Waals surface area contributed by atoms with E-state index in [1.165, 1.54) is 24.0 Å².